The summed E-state index contributed by atoms with van der Waals surface area (Å²) in [4.78, 5) is 40.2. The van der Waals surface area contributed by atoms with Crippen molar-refractivity contribution in [1.29, 1.82) is 0 Å². The van der Waals surface area contributed by atoms with Crippen LogP contribution in [0.25, 0.3) is 10.9 Å². The second-order valence-corrected chi connectivity index (χ2v) is 13.8. The number of likely N-dealkylation sites (N-methyl/N-ethyl adjacent to an activating group) is 2. The van der Waals surface area contributed by atoms with Gasteiger partial charge in [0.15, 0.2) is 0 Å². The van der Waals surface area contributed by atoms with Crippen molar-refractivity contribution in [1.82, 2.24) is 24.6 Å². The van der Waals surface area contributed by atoms with Crippen molar-refractivity contribution in [3.63, 3.8) is 0 Å². The number of halogens is 5. The van der Waals surface area contributed by atoms with Crippen LogP contribution in [0.4, 0.5) is 22.0 Å². The summed E-state index contributed by atoms with van der Waals surface area (Å²) in [5.41, 5.74) is 0.518. The number of nitrogens with zero attached hydrogens (tertiary/aromatic N) is 4. The first-order valence-electron chi connectivity index (χ1n) is 17.2. The number of hydrogen-bond donors (Lipinski definition) is 1. The van der Waals surface area contributed by atoms with Crippen molar-refractivity contribution >= 4 is 29.0 Å². The van der Waals surface area contributed by atoms with Crippen LogP contribution < -0.4 is 5.32 Å². The van der Waals surface area contributed by atoms with Gasteiger partial charge in [-0.15, -0.1) is 0 Å². The lowest BCUT2D eigenvalue weighted by molar-refractivity contribution is -0.168. The van der Waals surface area contributed by atoms with E-state index in [9.17, 15) is 36.3 Å². The molecule has 7 rings (SSSR count). The lowest BCUT2D eigenvalue weighted by atomic mass is 9.72. The second-order valence-electron chi connectivity index (χ2n) is 13.8. The molecule has 5 unspecified atom stereocenters. The number of carbonyl (C=O) groups is 3. The molecule has 6 atom stereocenters. The number of hydrogen-bond acceptors (Lipinski definition) is 6. The van der Waals surface area contributed by atoms with Crippen LogP contribution in [0, 0.1) is 12.8 Å². The number of nitrogens with one attached hydrogen (secondary N) is 1. The second kappa shape index (κ2) is 15.8. The van der Waals surface area contributed by atoms with Gasteiger partial charge < -0.3 is 24.6 Å². The largest absolute Gasteiger partial charge is 0.431 e. The Hall–Kier alpha value is -3.88. The van der Waals surface area contributed by atoms with Crippen LogP contribution in [0.1, 0.15) is 61.0 Å². The molecule has 0 saturated carbocycles. The van der Waals surface area contributed by atoms with Gasteiger partial charge in [0.25, 0.3) is 0 Å². The van der Waals surface area contributed by atoms with E-state index in [1.54, 1.807) is 27.1 Å². The van der Waals surface area contributed by atoms with Crippen molar-refractivity contribution in [2.24, 2.45) is 5.92 Å². The monoisotopic (exact) mass is 719 g/mol. The quantitative estimate of drug-likeness (QED) is 0.273. The lowest BCUT2D eigenvalue weighted by Crippen LogP contribution is -2.60. The highest BCUT2D eigenvalue weighted by molar-refractivity contribution is 5.91. The van der Waals surface area contributed by atoms with Crippen LogP contribution in [0.15, 0.2) is 48.5 Å². The van der Waals surface area contributed by atoms with Gasteiger partial charge in [0.05, 0.1) is 24.0 Å². The van der Waals surface area contributed by atoms with Gasteiger partial charge in [0, 0.05) is 37.5 Å². The summed E-state index contributed by atoms with van der Waals surface area (Å²) < 4.78 is 74.4. The fourth-order valence-corrected chi connectivity index (χ4v) is 8.12. The molecule has 4 heterocycles. The number of fused-ring (bicyclic) bond motifs is 3. The maximum absolute atomic E-state index is 13.8. The molecular formula is C37H46F5N5O4. The van der Waals surface area contributed by atoms with Crippen molar-refractivity contribution in [3.8, 4) is 0 Å². The number of aldehydes is 1. The summed E-state index contributed by atoms with van der Waals surface area (Å²) in [6.07, 6.45) is -2.14. The number of aromatic nitrogens is 1. The Labute approximate surface area is 294 Å². The molecule has 0 spiro atoms. The van der Waals surface area contributed by atoms with Gasteiger partial charge in [-0.25, -0.2) is 0 Å². The molecule has 9 nitrogen and oxygen atoms in total. The number of rotatable bonds is 5. The summed E-state index contributed by atoms with van der Waals surface area (Å²) in [5, 5.41) is 2.89. The van der Waals surface area contributed by atoms with Gasteiger partial charge in [0.1, 0.15) is 24.3 Å². The van der Waals surface area contributed by atoms with E-state index in [4.69, 9.17) is 4.74 Å². The fourth-order valence-electron chi connectivity index (χ4n) is 8.12. The Morgan fingerprint density at radius 3 is 2.33 bits per heavy atom. The first kappa shape index (κ1) is 38.4. The molecule has 14 heteroatoms. The minimum absolute atomic E-state index is 0.0315. The van der Waals surface area contributed by atoms with Gasteiger partial charge in [-0.05, 0) is 70.8 Å². The molecule has 3 aliphatic heterocycles. The molecule has 1 aromatic heterocycles. The zero-order valence-corrected chi connectivity index (χ0v) is 29.5. The highest BCUT2D eigenvalue weighted by Gasteiger charge is 2.48. The fraction of sp³-hybridized carbons (Fsp3) is 0.541. The van der Waals surface area contributed by atoms with E-state index in [-0.39, 0.29) is 69.4 Å². The molecule has 3 saturated heterocycles. The number of carbonyl (C=O) groups excluding carboxylic acids is 3. The van der Waals surface area contributed by atoms with Gasteiger partial charge in [-0.1, -0.05) is 48.0 Å². The number of likely N-dealkylation sites (tertiary alicyclic amines) is 1. The summed E-state index contributed by atoms with van der Waals surface area (Å²) in [7, 11) is 5.19. The average molecular weight is 720 g/mol. The zero-order chi connectivity index (χ0) is 37.2. The van der Waals surface area contributed by atoms with E-state index >= 15 is 0 Å². The van der Waals surface area contributed by atoms with Gasteiger partial charge in [-0.3, -0.25) is 19.1 Å². The van der Waals surface area contributed by atoms with Crippen molar-refractivity contribution < 1.29 is 41.1 Å². The normalized spacial score (nSPS) is 25.3. The van der Waals surface area contributed by atoms with Gasteiger partial charge in [-0.2, -0.15) is 22.0 Å². The van der Waals surface area contributed by atoms with E-state index < -0.39 is 24.5 Å². The third kappa shape index (κ3) is 7.97. The first-order chi connectivity index (χ1) is 24.2. The third-order valence-corrected chi connectivity index (χ3v) is 10.4. The number of aryl methyl sites for hydroxylation is 1. The van der Waals surface area contributed by atoms with E-state index in [0.29, 0.717) is 25.1 Å². The molecule has 4 aliphatic rings. The molecule has 0 bridgehead atoms. The molecule has 1 N–H and O–H groups in total. The molecule has 3 aromatic rings. The maximum atomic E-state index is 13.8. The smallest absolute Gasteiger partial charge is 0.359 e. The molecular weight excluding hydrogens is 673 g/mol. The van der Waals surface area contributed by atoms with Crippen molar-refractivity contribution in [3.05, 3.63) is 70.9 Å². The van der Waals surface area contributed by atoms with E-state index in [1.807, 2.05) is 39.9 Å². The Balaban J connectivity index is 0.000000183. The summed E-state index contributed by atoms with van der Waals surface area (Å²) in [6, 6.07) is 14.7. The Morgan fingerprint density at radius 1 is 1.04 bits per heavy atom. The van der Waals surface area contributed by atoms with Crippen molar-refractivity contribution in [2.75, 3.05) is 40.8 Å². The van der Waals surface area contributed by atoms with Crippen LogP contribution in [0.2, 0.25) is 0 Å². The average Bonchev–Trinajstić information content (AvgIpc) is 3.72. The van der Waals surface area contributed by atoms with Crippen molar-refractivity contribution in [2.45, 2.75) is 82.6 Å². The number of piperidine rings is 1. The predicted octanol–water partition coefficient (Wildman–Crippen LogP) is 5.61. The number of benzene rings is 2. The van der Waals surface area contributed by atoms with Crippen LogP contribution in [-0.2, 0) is 31.7 Å². The van der Waals surface area contributed by atoms with E-state index in [0.717, 1.165) is 25.7 Å². The predicted molar refractivity (Wildman–Crippen MR) is 182 cm³/mol. The Morgan fingerprint density at radius 2 is 1.75 bits per heavy atom. The first-order valence-corrected chi connectivity index (χ1v) is 17.2. The Bertz CT molecular complexity index is 1700. The SMILES string of the molecule is CNC(=O)C1CC2c3cccc4c3c(c(C(F)(F)F)n4C(F)F)CC2N(C)C1.C[C@H](C=O)OC1C2CCCN2C(=O)CN1C.Cc1ccccc1. The number of ether oxygens (including phenoxy) is 1. The van der Waals surface area contributed by atoms with Crippen LogP contribution in [0.5, 0.6) is 0 Å². The topological polar surface area (TPSA) is 87.1 Å². The highest BCUT2D eigenvalue weighted by Crippen LogP contribution is 2.50. The molecule has 278 valence electrons. The summed E-state index contributed by atoms with van der Waals surface area (Å²) in [6.45, 7) is 2.15. The molecule has 1 aliphatic carbocycles. The van der Waals surface area contributed by atoms with Crippen LogP contribution >= 0.6 is 0 Å². The Kier molecular flexibility index (Phi) is 11.9. The lowest BCUT2D eigenvalue weighted by Gasteiger charge is -2.45. The van der Waals surface area contributed by atoms with Gasteiger partial charge in [0.2, 0.25) is 11.8 Å². The molecule has 2 aromatic carbocycles. The van der Waals surface area contributed by atoms with Crippen LogP contribution in [-0.4, -0.2) is 103 Å². The van der Waals surface area contributed by atoms with E-state index in [1.165, 1.54) is 17.7 Å². The maximum Gasteiger partial charge on any atom is 0.431 e. The molecule has 3 fully saturated rings. The third-order valence-electron chi connectivity index (χ3n) is 10.4. The van der Waals surface area contributed by atoms with E-state index in [2.05, 4.69) is 24.4 Å². The number of piperazine rings is 1. The summed E-state index contributed by atoms with van der Waals surface area (Å²) >= 11 is 0. The van der Waals surface area contributed by atoms with Gasteiger partial charge >= 0.3 is 12.7 Å². The summed E-state index contributed by atoms with van der Waals surface area (Å²) in [5.74, 6) is -0.438. The number of alkyl halides is 5. The zero-order valence-electron chi connectivity index (χ0n) is 29.5. The minimum Gasteiger partial charge on any atom is -0.359 e. The van der Waals surface area contributed by atoms with Crippen LogP contribution in [0.3, 0.4) is 0 Å². The highest BCUT2D eigenvalue weighted by atomic mass is 19.4. The molecule has 51 heavy (non-hydrogen) atoms. The minimum atomic E-state index is -4.88. The molecule has 0 radical (unpaired) electrons. The number of amides is 2. The molecule has 2 amide bonds. The standard InChI is InChI=1S/C19H20F5N3O.C11H18N2O3.C7H8/c1-25-17(28)9-6-11-10-4-3-5-13-15(10)12(7-14(11)26(2)8-9)16(19(22,23)24)27(13)18(20)21;1-8(7-14)16-11-9-4-3-5-13(9)10(15)6-12(11)2;1-7-5-3-2-4-6-7/h3-5,9,11,14,18H,6-8H2,1-2H3,(H,25,28);7-9,11H,3-6H2,1-2H3;2-6H,1H3/t;8-,9?,11?;/m.1./s1.